The molecule has 0 radical (unpaired) electrons. The van der Waals surface area contributed by atoms with Gasteiger partial charge in [0.1, 0.15) is 17.8 Å². The number of esters is 1. The molecule has 1 aromatic heterocycles. The van der Waals surface area contributed by atoms with Crippen molar-refractivity contribution in [1.82, 2.24) is 20.9 Å². The molecule has 0 spiro atoms. The van der Waals surface area contributed by atoms with E-state index in [1.807, 2.05) is 0 Å². The Morgan fingerprint density at radius 2 is 1.86 bits per heavy atom. The average Bonchev–Trinajstić information content (AvgIpc) is 3.56. The molecular formula is C25H29F3N4O5. The van der Waals surface area contributed by atoms with Crippen molar-refractivity contribution in [3.05, 3.63) is 35.5 Å². The molecule has 2 heterocycles. The molecule has 1 aliphatic heterocycles. The summed E-state index contributed by atoms with van der Waals surface area (Å²) >= 11 is 0. The predicted molar refractivity (Wildman–Crippen MR) is 126 cm³/mol. The molecule has 1 aliphatic carbocycles. The zero-order chi connectivity index (χ0) is 26.7. The number of aromatic amines is 1. The van der Waals surface area contributed by atoms with Crippen molar-refractivity contribution < 1.29 is 37.1 Å². The predicted octanol–water partition coefficient (Wildman–Crippen LogP) is 2.66. The van der Waals surface area contributed by atoms with Crippen LogP contribution in [0.1, 0.15) is 54.6 Å². The first-order valence-electron chi connectivity index (χ1n) is 12.2. The van der Waals surface area contributed by atoms with Crippen molar-refractivity contribution in [2.75, 3.05) is 13.7 Å². The molecular weight excluding hydrogens is 493 g/mol. The smallest absolute Gasteiger partial charge is 0.417 e. The molecule has 3 amide bonds. The number of halogens is 3. The van der Waals surface area contributed by atoms with Crippen LogP contribution in [0.25, 0.3) is 10.9 Å². The van der Waals surface area contributed by atoms with Gasteiger partial charge < -0.3 is 25.7 Å². The summed E-state index contributed by atoms with van der Waals surface area (Å²) < 4.78 is 44.9. The molecule has 200 valence electrons. The molecule has 2 fully saturated rings. The third kappa shape index (κ3) is 6.41. The molecule has 2 aliphatic rings. The van der Waals surface area contributed by atoms with Gasteiger partial charge in [0.15, 0.2) is 0 Å². The molecule has 4 N–H and O–H groups in total. The number of amides is 3. The lowest BCUT2D eigenvalue weighted by atomic mass is 9.91. The summed E-state index contributed by atoms with van der Waals surface area (Å²) in [5, 5.41) is 7.80. The highest BCUT2D eigenvalue weighted by molar-refractivity contribution is 6.01. The van der Waals surface area contributed by atoms with Gasteiger partial charge in [0.25, 0.3) is 5.91 Å². The second-order valence-corrected chi connectivity index (χ2v) is 9.60. The monoisotopic (exact) mass is 522 g/mol. The zero-order valence-electron chi connectivity index (χ0n) is 20.2. The number of H-pyrrole nitrogens is 1. The van der Waals surface area contributed by atoms with Crippen LogP contribution in [0.2, 0.25) is 0 Å². The Morgan fingerprint density at radius 1 is 1.11 bits per heavy atom. The van der Waals surface area contributed by atoms with E-state index in [4.69, 9.17) is 4.74 Å². The van der Waals surface area contributed by atoms with Gasteiger partial charge in [-0.05, 0) is 49.8 Å². The lowest BCUT2D eigenvalue weighted by Crippen LogP contribution is -2.53. The largest absolute Gasteiger partial charge is 0.467 e. The number of carbonyl (C=O) groups is 4. The van der Waals surface area contributed by atoms with E-state index >= 15 is 0 Å². The van der Waals surface area contributed by atoms with Crippen LogP contribution in [0.5, 0.6) is 0 Å². The zero-order valence-corrected chi connectivity index (χ0v) is 20.2. The topological polar surface area (TPSA) is 129 Å². The van der Waals surface area contributed by atoms with Crippen LogP contribution in [0, 0.1) is 11.8 Å². The van der Waals surface area contributed by atoms with Gasteiger partial charge in [0.2, 0.25) is 11.8 Å². The van der Waals surface area contributed by atoms with Gasteiger partial charge >= 0.3 is 12.1 Å². The Kier molecular flexibility index (Phi) is 7.74. The quantitative estimate of drug-likeness (QED) is 0.377. The second-order valence-electron chi connectivity index (χ2n) is 9.60. The minimum Gasteiger partial charge on any atom is -0.467 e. The lowest BCUT2D eigenvalue weighted by molar-refractivity contribution is -0.146. The van der Waals surface area contributed by atoms with Crippen molar-refractivity contribution in [1.29, 1.82) is 0 Å². The Morgan fingerprint density at radius 3 is 2.51 bits per heavy atom. The van der Waals surface area contributed by atoms with Crippen molar-refractivity contribution >= 4 is 34.6 Å². The Balaban J connectivity index is 1.50. The minimum atomic E-state index is -4.60. The van der Waals surface area contributed by atoms with Gasteiger partial charge in [0.05, 0.1) is 12.7 Å². The number of aromatic nitrogens is 1. The summed E-state index contributed by atoms with van der Waals surface area (Å²) in [4.78, 5) is 53.4. The van der Waals surface area contributed by atoms with E-state index in [0.29, 0.717) is 19.4 Å². The van der Waals surface area contributed by atoms with E-state index in [9.17, 15) is 32.3 Å². The molecule has 37 heavy (non-hydrogen) atoms. The van der Waals surface area contributed by atoms with Gasteiger partial charge in [-0.15, -0.1) is 0 Å². The number of piperidine rings is 1. The van der Waals surface area contributed by atoms with Crippen molar-refractivity contribution in [2.24, 2.45) is 11.8 Å². The summed E-state index contributed by atoms with van der Waals surface area (Å²) in [6.07, 6.45) is -1.16. The van der Waals surface area contributed by atoms with Crippen LogP contribution in [-0.4, -0.2) is 54.4 Å². The molecule has 0 bridgehead atoms. The minimum absolute atomic E-state index is 0.0522. The Hall–Kier alpha value is -3.57. The fourth-order valence-corrected chi connectivity index (χ4v) is 4.65. The molecule has 4 rings (SSSR count). The van der Waals surface area contributed by atoms with Crippen LogP contribution in [0.4, 0.5) is 13.2 Å². The molecule has 9 nitrogen and oxygen atoms in total. The number of alkyl halides is 3. The van der Waals surface area contributed by atoms with Gasteiger partial charge in [-0.1, -0.05) is 18.9 Å². The number of hydrogen-bond donors (Lipinski definition) is 4. The van der Waals surface area contributed by atoms with Crippen LogP contribution in [0.15, 0.2) is 24.3 Å². The summed E-state index contributed by atoms with van der Waals surface area (Å²) in [5.74, 6) is -2.54. The number of rotatable bonds is 9. The molecule has 1 aromatic carbocycles. The van der Waals surface area contributed by atoms with Crippen LogP contribution >= 0.6 is 0 Å². The standard InChI is InChI=1S/C25H29F3N4O5/c1-37-24(36)20(11-14-4-3-9-29-21(14)33)32-22(34)18(10-13-7-8-13)31-23(35)19-12-15-16(25(26,27)28)5-2-6-17(15)30-19/h2,5-6,12-14,18,20,30H,3-4,7-11H2,1H3,(H,29,33)(H,31,35)(H,32,34)/t14-,18-,20-/m0/s1. The van der Waals surface area contributed by atoms with Gasteiger partial charge in [-0.3, -0.25) is 14.4 Å². The summed E-state index contributed by atoms with van der Waals surface area (Å²) in [6.45, 7) is 0.554. The van der Waals surface area contributed by atoms with Crippen molar-refractivity contribution in [2.45, 2.75) is 56.8 Å². The highest BCUT2D eigenvalue weighted by Crippen LogP contribution is 2.35. The number of fused-ring (bicyclic) bond motifs is 1. The van der Waals surface area contributed by atoms with Crippen LogP contribution < -0.4 is 16.0 Å². The number of carbonyl (C=O) groups excluding carboxylic acids is 4. The molecule has 12 heteroatoms. The lowest BCUT2D eigenvalue weighted by Gasteiger charge is -2.27. The molecule has 1 saturated carbocycles. The Labute approximate surface area is 210 Å². The maximum absolute atomic E-state index is 13.4. The average molecular weight is 523 g/mol. The molecule has 3 atom stereocenters. The normalized spacial score (nSPS) is 19.6. The summed E-state index contributed by atoms with van der Waals surface area (Å²) in [7, 11) is 1.18. The molecule has 1 saturated heterocycles. The first kappa shape index (κ1) is 26.5. The first-order chi connectivity index (χ1) is 17.6. The maximum Gasteiger partial charge on any atom is 0.417 e. The number of nitrogens with one attached hydrogen (secondary N) is 4. The fourth-order valence-electron chi connectivity index (χ4n) is 4.65. The van der Waals surface area contributed by atoms with E-state index in [-0.39, 0.29) is 34.8 Å². The Bertz CT molecular complexity index is 1190. The van der Waals surface area contributed by atoms with Gasteiger partial charge in [-0.25, -0.2) is 4.79 Å². The van der Waals surface area contributed by atoms with E-state index < -0.39 is 47.5 Å². The highest BCUT2D eigenvalue weighted by Gasteiger charge is 2.36. The first-order valence-corrected chi connectivity index (χ1v) is 12.2. The fraction of sp³-hybridized carbons (Fsp3) is 0.520. The maximum atomic E-state index is 13.4. The third-order valence-electron chi connectivity index (χ3n) is 6.82. The number of methoxy groups -OCH3 is 1. The van der Waals surface area contributed by atoms with E-state index in [1.165, 1.54) is 19.2 Å². The van der Waals surface area contributed by atoms with E-state index in [2.05, 4.69) is 20.9 Å². The second kappa shape index (κ2) is 10.8. The van der Waals surface area contributed by atoms with E-state index in [0.717, 1.165) is 31.4 Å². The van der Waals surface area contributed by atoms with E-state index in [1.54, 1.807) is 0 Å². The van der Waals surface area contributed by atoms with Crippen molar-refractivity contribution in [3.8, 4) is 0 Å². The highest BCUT2D eigenvalue weighted by atomic mass is 19.4. The van der Waals surface area contributed by atoms with Gasteiger partial charge in [-0.2, -0.15) is 13.2 Å². The summed E-state index contributed by atoms with van der Waals surface area (Å²) in [6, 6.07) is 2.59. The third-order valence-corrected chi connectivity index (χ3v) is 6.82. The van der Waals surface area contributed by atoms with Crippen LogP contribution in [-0.2, 0) is 25.3 Å². The van der Waals surface area contributed by atoms with Crippen molar-refractivity contribution in [3.63, 3.8) is 0 Å². The summed E-state index contributed by atoms with van der Waals surface area (Å²) in [5.41, 5.74) is -0.858. The van der Waals surface area contributed by atoms with Gasteiger partial charge in [0, 0.05) is 23.4 Å². The molecule has 0 unspecified atom stereocenters. The SMILES string of the molecule is COC(=O)[C@H](C[C@@H]1CCCNC1=O)NC(=O)[C@H](CC1CC1)NC(=O)c1cc2c(C(F)(F)F)cccc2[nH]1. The number of ether oxygens (including phenoxy) is 1. The number of benzene rings is 1. The molecule has 2 aromatic rings. The number of hydrogen-bond acceptors (Lipinski definition) is 5. The van der Waals surface area contributed by atoms with Crippen LogP contribution in [0.3, 0.4) is 0 Å².